The number of esters is 1. The van der Waals surface area contributed by atoms with Crippen molar-refractivity contribution in [3.05, 3.63) is 72.6 Å². The number of nitriles is 1. The first-order valence-electron chi connectivity index (χ1n) is 10.7. The van der Waals surface area contributed by atoms with Gasteiger partial charge in [-0.2, -0.15) is 5.26 Å². The molecule has 0 fully saturated rings. The smallest absolute Gasteiger partial charge is 0.319 e. The summed E-state index contributed by atoms with van der Waals surface area (Å²) < 4.78 is 6.54. The van der Waals surface area contributed by atoms with E-state index in [9.17, 15) is 19.6 Å². The number of hydrogen-bond donors (Lipinski definition) is 2. The van der Waals surface area contributed by atoms with E-state index in [1.165, 1.54) is 7.11 Å². The van der Waals surface area contributed by atoms with Gasteiger partial charge in [0.25, 0.3) is 0 Å². The number of methoxy groups -OCH3 is 1. The van der Waals surface area contributed by atoms with Gasteiger partial charge in [0.2, 0.25) is 11.8 Å². The van der Waals surface area contributed by atoms with E-state index in [2.05, 4.69) is 48.6 Å². The summed E-state index contributed by atoms with van der Waals surface area (Å²) in [7, 11) is 1.20. The van der Waals surface area contributed by atoms with Gasteiger partial charge in [-0.1, -0.05) is 62.7 Å². The zero-order valence-corrected chi connectivity index (χ0v) is 23.3. The highest BCUT2D eigenvalue weighted by atomic mass is 79.9. The second-order valence-corrected chi connectivity index (χ2v) is 10.6. The van der Waals surface area contributed by atoms with Crippen LogP contribution in [0.5, 0.6) is 0 Å². The summed E-state index contributed by atoms with van der Waals surface area (Å²) in [6.45, 7) is 3.92. The Bertz CT molecular complexity index is 1260. The molecule has 2 aromatic carbocycles. The number of aryl methyl sites for hydroxylation is 2. The molecule has 2 N–H and O–H groups in total. The molecule has 1 heterocycles. The van der Waals surface area contributed by atoms with Crippen LogP contribution in [-0.4, -0.2) is 30.6 Å². The molecule has 35 heavy (non-hydrogen) atoms. The first-order chi connectivity index (χ1) is 16.7. The summed E-state index contributed by atoms with van der Waals surface area (Å²) in [5.41, 5.74) is 3.48. The lowest BCUT2D eigenvalue weighted by atomic mass is 9.78. The Kier molecular flexibility index (Phi) is 9.16. The molecule has 0 saturated carbocycles. The molecular weight excluding hydrogens is 598 g/mol. The van der Waals surface area contributed by atoms with Crippen molar-refractivity contribution in [1.29, 1.82) is 5.26 Å². The number of nitrogens with zero attached hydrogens (tertiary/aromatic N) is 1. The van der Waals surface area contributed by atoms with E-state index in [1.807, 2.05) is 32.0 Å². The highest BCUT2D eigenvalue weighted by Crippen LogP contribution is 2.40. The Labute approximate surface area is 224 Å². The monoisotopic (exact) mass is 619 g/mol. The number of anilines is 1. The van der Waals surface area contributed by atoms with E-state index >= 15 is 0 Å². The quantitative estimate of drug-likeness (QED) is 0.326. The SMILES string of the molecule is CCc1cc(Br)cc(C)c1NC(=O)CSC1=C(C#N)[C@@H](c2cccc(Br)c2)[C@@H](C(=O)OC)C(=O)N1. The third-order valence-corrected chi connectivity index (χ3v) is 7.53. The summed E-state index contributed by atoms with van der Waals surface area (Å²) in [5, 5.41) is 15.8. The molecule has 3 rings (SSSR count). The zero-order chi connectivity index (χ0) is 25.7. The molecule has 182 valence electrons. The van der Waals surface area contributed by atoms with Crippen LogP contribution in [-0.2, 0) is 25.5 Å². The minimum atomic E-state index is -1.22. The number of ether oxygens (including phenoxy) is 1. The molecule has 2 atom stereocenters. The summed E-state index contributed by atoms with van der Waals surface area (Å²) in [6, 6.07) is 13.1. The Morgan fingerprint density at radius 3 is 2.60 bits per heavy atom. The maximum atomic E-state index is 12.9. The number of hydrogen-bond acceptors (Lipinski definition) is 6. The minimum Gasteiger partial charge on any atom is -0.468 e. The van der Waals surface area contributed by atoms with Crippen molar-refractivity contribution in [1.82, 2.24) is 5.32 Å². The number of halogens is 2. The molecule has 7 nitrogen and oxygen atoms in total. The number of thioether (sulfide) groups is 1. The molecule has 10 heteroatoms. The van der Waals surface area contributed by atoms with E-state index in [0.717, 1.165) is 43.9 Å². The number of amides is 2. The fourth-order valence-electron chi connectivity index (χ4n) is 3.96. The van der Waals surface area contributed by atoms with Crippen molar-refractivity contribution in [2.75, 3.05) is 18.2 Å². The van der Waals surface area contributed by atoms with Gasteiger partial charge < -0.3 is 15.4 Å². The number of benzene rings is 2. The summed E-state index contributed by atoms with van der Waals surface area (Å²) >= 11 is 7.93. The van der Waals surface area contributed by atoms with E-state index in [0.29, 0.717) is 5.56 Å². The molecular formula is C25H23Br2N3O4S. The van der Waals surface area contributed by atoms with Crippen LogP contribution in [0.25, 0.3) is 0 Å². The number of allylic oxidation sites excluding steroid dienone is 1. The van der Waals surface area contributed by atoms with Crippen LogP contribution in [0.3, 0.4) is 0 Å². The zero-order valence-electron chi connectivity index (χ0n) is 19.3. The molecule has 1 aliphatic rings. The molecule has 2 aromatic rings. The van der Waals surface area contributed by atoms with Gasteiger partial charge in [0.1, 0.15) is 5.92 Å². The molecule has 0 radical (unpaired) electrons. The molecule has 0 aromatic heterocycles. The molecule has 0 bridgehead atoms. The predicted molar refractivity (Wildman–Crippen MR) is 143 cm³/mol. The van der Waals surface area contributed by atoms with Crippen molar-refractivity contribution in [3.8, 4) is 6.07 Å². The van der Waals surface area contributed by atoms with Crippen LogP contribution >= 0.6 is 43.6 Å². The predicted octanol–water partition coefficient (Wildman–Crippen LogP) is 5.19. The molecule has 0 unspecified atom stereocenters. The van der Waals surface area contributed by atoms with Crippen molar-refractivity contribution < 1.29 is 19.1 Å². The van der Waals surface area contributed by atoms with E-state index in [-0.39, 0.29) is 22.3 Å². The van der Waals surface area contributed by atoms with Gasteiger partial charge in [-0.05, 0) is 54.3 Å². The van der Waals surface area contributed by atoms with Crippen molar-refractivity contribution in [3.63, 3.8) is 0 Å². The van der Waals surface area contributed by atoms with Crippen molar-refractivity contribution in [2.24, 2.45) is 5.92 Å². The van der Waals surface area contributed by atoms with Gasteiger partial charge in [-0.25, -0.2) is 0 Å². The van der Waals surface area contributed by atoms with Crippen LogP contribution in [0.2, 0.25) is 0 Å². The van der Waals surface area contributed by atoms with Gasteiger partial charge in [-0.3, -0.25) is 14.4 Å². The lowest BCUT2D eigenvalue weighted by molar-refractivity contribution is -0.150. The summed E-state index contributed by atoms with van der Waals surface area (Å²) in [5.74, 6) is -3.69. The summed E-state index contributed by atoms with van der Waals surface area (Å²) in [6.07, 6.45) is 0.742. The molecule has 0 aliphatic carbocycles. The number of rotatable bonds is 7. The maximum absolute atomic E-state index is 12.9. The maximum Gasteiger partial charge on any atom is 0.319 e. The van der Waals surface area contributed by atoms with Crippen LogP contribution in [0.4, 0.5) is 5.69 Å². The summed E-state index contributed by atoms with van der Waals surface area (Å²) in [4.78, 5) is 38.3. The Balaban J connectivity index is 1.91. The third kappa shape index (κ3) is 6.15. The van der Waals surface area contributed by atoms with Crippen LogP contribution in [0.15, 0.2) is 55.9 Å². The lowest BCUT2D eigenvalue weighted by Crippen LogP contribution is -2.44. The average molecular weight is 621 g/mol. The largest absolute Gasteiger partial charge is 0.468 e. The van der Waals surface area contributed by atoms with Gasteiger partial charge in [0.15, 0.2) is 0 Å². The number of carbonyl (C=O) groups excluding carboxylic acids is 3. The minimum absolute atomic E-state index is 0.0342. The van der Waals surface area contributed by atoms with Crippen molar-refractivity contribution >= 4 is 67.1 Å². The standard InChI is InChI=1S/C25H23Br2N3O4S/c1-4-14-9-17(27)8-13(2)22(14)29-19(31)12-35-24-18(11-28)20(15-6-5-7-16(26)10-15)21(23(32)30-24)25(33)34-3/h5-10,20-21H,4,12H2,1-3H3,(H,29,31)(H,30,32)/t20-,21-/m1/s1. The van der Waals surface area contributed by atoms with Crippen molar-refractivity contribution in [2.45, 2.75) is 26.2 Å². The first-order valence-corrected chi connectivity index (χ1v) is 13.3. The third-order valence-electron chi connectivity index (χ3n) is 5.57. The van der Waals surface area contributed by atoms with Gasteiger partial charge >= 0.3 is 5.97 Å². The molecule has 2 amide bonds. The van der Waals surface area contributed by atoms with E-state index in [1.54, 1.807) is 18.2 Å². The number of nitrogens with one attached hydrogen (secondary N) is 2. The highest BCUT2D eigenvalue weighted by molar-refractivity contribution is 9.10. The van der Waals surface area contributed by atoms with Crippen LogP contribution in [0.1, 0.15) is 29.5 Å². The Morgan fingerprint density at radius 2 is 1.97 bits per heavy atom. The first kappa shape index (κ1) is 27.0. The topological polar surface area (TPSA) is 108 Å². The fourth-order valence-corrected chi connectivity index (χ4v) is 5.85. The normalized spacial score (nSPS) is 17.4. The van der Waals surface area contributed by atoms with Gasteiger partial charge in [-0.15, -0.1) is 0 Å². The highest BCUT2D eigenvalue weighted by Gasteiger charge is 2.44. The Morgan fingerprint density at radius 1 is 1.23 bits per heavy atom. The fraction of sp³-hybridized carbons (Fsp3) is 0.280. The lowest BCUT2D eigenvalue weighted by Gasteiger charge is -2.31. The van der Waals surface area contributed by atoms with Crippen LogP contribution < -0.4 is 10.6 Å². The molecule has 0 spiro atoms. The molecule has 0 saturated heterocycles. The average Bonchev–Trinajstić information content (AvgIpc) is 2.83. The molecule has 1 aliphatic heterocycles. The Hall–Kier alpha value is -2.61. The number of carbonyl (C=O) groups is 3. The second-order valence-electron chi connectivity index (χ2n) is 7.82. The van der Waals surface area contributed by atoms with Crippen LogP contribution in [0, 0.1) is 24.2 Å². The van der Waals surface area contributed by atoms with Gasteiger partial charge in [0, 0.05) is 20.6 Å². The van der Waals surface area contributed by atoms with Gasteiger partial charge in [0.05, 0.1) is 29.5 Å². The van der Waals surface area contributed by atoms with E-state index < -0.39 is 23.7 Å². The van der Waals surface area contributed by atoms with E-state index in [4.69, 9.17) is 4.74 Å². The second kappa shape index (κ2) is 11.9.